The molecule has 0 fully saturated rings. The third-order valence-electron chi connectivity index (χ3n) is 13.2. The van der Waals surface area contributed by atoms with Crippen LogP contribution in [0.25, 0.3) is 83.9 Å². The predicted octanol–water partition coefficient (Wildman–Crippen LogP) is 18.4. The van der Waals surface area contributed by atoms with Gasteiger partial charge in [0.2, 0.25) is 0 Å². The van der Waals surface area contributed by atoms with Gasteiger partial charge in [0.15, 0.2) is 0 Å². The van der Waals surface area contributed by atoms with Crippen molar-refractivity contribution in [1.29, 1.82) is 0 Å². The molecular formula is C67H70N3OPt-. The maximum Gasteiger partial charge on any atom is 0.148 e. The third kappa shape index (κ3) is 10.3. The zero-order valence-electron chi connectivity index (χ0n) is 58.4. The van der Waals surface area contributed by atoms with Crippen LogP contribution in [0.4, 0.5) is 0 Å². The van der Waals surface area contributed by atoms with E-state index in [2.05, 4.69) is 40.7 Å². The smallest absolute Gasteiger partial charge is 0.148 e. The number of benzene rings is 7. The molecule has 0 radical (unpaired) electrons. The van der Waals surface area contributed by atoms with Crippen LogP contribution in [0.2, 0.25) is 0 Å². The zero-order valence-corrected chi connectivity index (χ0v) is 44.7. The fraction of sp³-hybridized carbons (Fsp3) is 0.284. The molecule has 2 heterocycles. The number of aryl methyl sites for hydroxylation is 1. The summed E-state index contributed by atoms with van der Waals surface area (Å²) in [5.41, 5.74) is 4.26. The van der Waals surface area contributed by atoms with E-state index in [-0.39, 0.29) is 66.4 Å². The van der Waals surface area contributed by atoms with Gasteiger partial charge in [-0.1, -0.05) is 204 Å². The van der Waals surface area contributed by atoms with Crippen LogP contribution < -0.4 is 0 Å². The van der Waals surface area contributed by atoms with Crippen LogP contribution in [-0.2, 0) is 37.3 Å². The molecule has 4 nitrogen and oxygen atoms in total. The largest absolute Gasteiger partial charge is 0.507 e. The van der Waals surface area contributed by atoms with Crippen molar-refractivity contribution >= 4 is 11.0 Å². The molecule has 0 saturated carbocycles. The Morgan fingerprint density at radius 3 is 1.90 bits per heavy atom. The van der Waals surface area contributed by atoms with Crippen molar-refractivity contribution in [2.24, 2.45) is 0 Å². The average Bonchev–Trinajstić information content (AvgIpc) is 0.746. The van der Waals surface area contributed by atoms with Crippen molar-refractivity contribution in [2.45, 2.75) is 125 Å². The molecule has 0 aliphatic carbocycles. The SMILES string of the molecule is [2H]c1c([2H])c(C(C([2H])([2H])[2H])(C([2H])([2H])[2H])C([2H])([2H])[2H])c([2H])c([2H])c1-c1ccnc(-c2[c-]c(-c3cccc4c3nc(-c3cc(C(C)C)cc(C(C)C)c3O)n4-c3cc(C([2H])([2H])[2H])c(-c4ccc(C(C)(C)C)cc4)cc3-c3ccccc3)cc(C(C)(C)C)c2)c1.[Pt]. The Balaban J connectivity index is 0.0000100. The van der Waals surface area contributed by atoms with Crippen molar-refractivity contribution in [3.05, 3.63) is 191 Å². The van der Waals surface area contributed by atoms with Gasteiger partial charge in [0.1, 0.15) is 11.6 Å². The molecule has 9 rings (SSSR count). The molecule has 5 heteroatoms. The number of imidazole rings is 1. The molecule has 9 aromatic rings. The second-order valence-corrected chi connectivity index (χ2v) is 21.2. The molecule has 7 aromatic carbocycles. The summed E-state index contributed by atoms with van der Waals surface area (Å²) in [6, 6.07) is 37.5. The standard InChI is InChI=1S/C67H70N3O.Pt/c1-41(2)48-37-55(42(3)4)63(71)58(38-48)64-69-62-54(49-34-50(36-53(35-49)67(12,13)14)59-39-47(31-32-68-59)44-23-27-51(28-24-44)65(6,7)8)21-18-22-60(62)70(64)61-33-43(5)56(40-57(61)45-19-16-15-17-20-45)46-25-29-52(30-26-46)66(9,10)11;/h15-33,35-42,71H,1-14H3;/q-1;/i5D3,6D3,7D3,8D3,23D,24D,27D,28D;. The van der Waals surface area contributed by atoms with Gasteiger partial charge in [0.25, 0.3) is 0 Å². The van der Waals surface area contributed by atoms with Gasteiger partial charge in [-0.25, -0.2) is 4.98 Å². The molecule has 370 valence electrons. The Morgan fingerprint density at radius 1 is 0.583 bits per heavy atom. The van der Waals surface area contributed by atoms with Crippen molar-refractivity contribution in [1.82, 2.24) is 14.5 Å². The fourth-order valence-corrected chi connectivity index (χ4v) is 9.04. The van der Waals surface area contributed by atoms with Crippen molar-refractivity contribution in [3.8, 4) is 78.6 Å². The minimum atomic E-state index is -3.84. The van der Waals surface area contributed by atoms with E-state index in [0.717, 1.165) is 27.8 Å². The molecule has 0 unspecified atom stereocenters. The Kier molecular flexibility index (Phi) is 9.66. The summed E-state index contributed by atoms with van der Waals surface area (Å²) >= 11 is 0. The van der Waals surface area contributed by atoms with Gasteiger partial charge in [-0.2, -0.15) is 0 Å². The van der Waals surface area contributed by atoms with E-state index in [1.54, 1.807) is 6.07 Å². The van der Waals surface area contributed by atoms with Crippen LogP contribution in [0.3, 0.4) is 0 Å². The number of hydrogen-bond donors (Lipinski definition) is 1. The molecular weight excluding hydrogens is 1060 g/mol. The number of rotatable bonds is 9. The first kappa shape index (κ1) is 34.9. The van der Waals surface area contributed by atoms with Crippen LogP contribution in [-0.4, -0.2) is 19.6 Å². The molecule has 0 bridgehead atoms. The molecule has 0 amide bonds. The summed E-state index contributed by atoms with van der Waals surface area (Å²) in [7, 11) is 0. The monoisotopic (exact) mass is 1140 g/mol. The first-order chi connectivity index (χ1) is 40.2. The maximum absolute atomic E-state index is 12.6. The van der Waals surface area contributed by atoms with Gasteiger partial charge in [-0.05, 0) is 121 Å². The van der Waals surface area contributed by atoms with Crippen LogP contribution in [0, 0.1) is 12.9 Å². The summed E-state index contributed by atoms with van der Waals surface area (Å²) in [5.74, 6) is 0.302. The quantitative estimate of drug-likeness (QED) is 0.147. The summed E-state index contributed by atoms with van der Waals surface area (Å²) in [4.78, 5) is 10.2. The molecule has 0 aliphatic heterocycles. The molecule has 0 aliphatic rings. The van der Waals surface area contributed by atoms with Crippen LogP contribution in [0.15, 0.2) is 152 Å². The van der Waals surface area contributed by atoms with Crippen molar-refractivity contribution in [3.63, 3.8) is 0 Å². The summed E-state index contributed by atoms with van der Waals surface area (Å²) in [5, 5.41) is 12.6. The topological polar surface area (TPSA) is 50.9 Å². The van der Waals surface area contributed by atoms with Crippen molar-refractivity contribution < 1.29 is 48.1 Å². The minimum Gasteiger partial charge on any atom is -0.507 e. The molecule has 1 N–H and O–H groups in total. The summed E-state index contributed by atoms with van der Waals surface area (Å²) in [6.45, 7) is 6.52. The van der Waals surface area contributed by atoms with E-state index in [1.165, 1.54) is 18.3 Å². The Morgan fingerprint density at radius 2 is 1.26 bits per heavy atom. The van der Waals surface area contributed by atoms with E-state index in [0.29, 0.717) is 61.5 Å². The Labute approximate surface area is 466 Å². The maximum atomic E-state index is 12.6. The number of hydrogen-bond acceptors (Lipinski definition) is 3. The third-order valence-corrected chi connectivity index (χ3v) is 13.2. The van der Waals surface area contributed by atoms with Crippen LogP contribution in [0.1, 0.15) is 157 Å². The molecule has 0 spiro atoms. The fourth-order valence-electron chi connectivity index (χ4n) is 9.04. The van der Waals surface area contributed by atoms with Gasteiger partial charge < -0.3 is 5.11 Å². The van der Waals surface area contributed by atoms with Gasteiger partial charge in [0.05, 0.1) is 27.8 Å². The Hall–Kier alpha value is -6.35. The number of nitrogens with zero attached hydrogens (tertiary/aromatic N) is 3. The molecule has 72 heavy (non-hydrogen) atoms. The van der Waals surface area contributed by atoms with Crippen LogP contribution >= 0.6 is 0 Å². The van der Waals surface area contributed by atoms with E-state index >= 15 is 0 Å². The van der Waals surface area contributed by atoms with Gasteiger partial charge in [0, 0.05) is 55.0 Å². The number of pyridine rings is 1. The zero-order chi connectivity index (χ0) is 64.2. The first-order valence-corrected chi connectivity index (χ1v) is 24.1. The van der Waals surface area contributed by atoms with E-state index < -0.39 is 68.0 Å². The normalized spacial score (nSPS) is 16.2. The van der Waals surface area contributed by atoms with Crippen molar-refractivity contribution in [2.75, 3.05) is 0 Å². The summed E-state index contributed by atoms with van der Waals surface area (Å²) in [6.07, 6.45) is 1.39. The first-order valence-electron chi connectivity index (χ1n) is 32.1. The van der Waals surface area contributed by atoms with Crippen LogP contribution in [0.5, 0.6) is 5.75 Å². The number of phenolic OH excluding ortho intramolecular Hbond substituents is 1. The number of fused-ring (bicyclic) bond motifs is 1. The number of aromatic nitrogens is 3. The Bertz CT molecular complexity index is 4060. The number of para-hydroxylation sites is 1. The second kappa shape index (κ2) is 19.9. The predicted molar refractivity (Wildman–Crippen MR) is 301 cm³/mol. The van der Waals surface area contributed by atoms with Gasteiger partial charge >= 0.3 is 0 Å². The average molecular weight is 1140 g/mol. The number of aromatic hydroxyl groups is 1. The minimum absolute atomic E-state index is 0. The molecule has 0 atom stereocenters. The van der Waals surface area contributed by atoms with E-state index in [1.807, 2.05) is 142 Å². The number of phenols is 1. The van der Waals surface area contributed by atoms with Gasteiger partial charge in [-0.15, -0.1) is 29.3 Å². The summed E-state index contributed by atoms with van der Waals surface area (Å²) < 4.78 is 140. The van der Waals surface area contributed by atoms with E-state index in [4.69, 9.17) is 29.2 Å². The molecule has 0 saturated heterocycles. The van der Waals surface area contributed by atoms with Gasteiger partial charge in [-0.3, -0.25) is 9.55 Å². The van der Waals surface area contributed by atoms with E-state index in [9.17, 15) is 7.85 Å². The molecule has 2 aromatic heterocycles. The second-order valence-electron chi connectivity index (χ2n) is 21.2.